The predicted molar refractivity (Wildman–Crippen MR) is 71.4 cm³/mol. The fraction of sp³-hybridized carbons (Fsp3) is 0.571. The Morgan fingerprint density at radius 1 is 1.56 bits per heavy atom. The highest BCUT2D eigenvalue weighted by molar-refractivity contribution is 6.30. The van der Waals surface area contributed by atoms with Gasteiger partial charge in [0.1, 0.15) is 5.82 Å². The van der Waals surface area contributed by atoms with Gasteiger partial charge in [0.25, 0.3) is 0 Å². The Labute approximate surface area is 112 Å². The van der Waals surface area contributed by atoms with Crippen LogP contribution in [-0.2, 0) is 4.74 Å². The standard InChI is InChI=1S/C14H19ClFNO/c1-10(12-4-5-14(16)13(15)7-12)17-8-11-3-2-6-18-9-11/h4-5,7,10-11,17H,2-3,6,8-9H2,1H3. The van der Waals surface area contributed by atoms with Crippen LogP contribution >= 0.6 is 11.6 Å². The van der Waals surface area contributed by atoms with E-state index in [2.05, 4.69) is 12.2 Å². The van der Waals surface area contributed by atoms with Crippen LogP contribution in [0.5, 0.6) is 0 Å². The molecule has 18 heavy (non-hydrogen) atoms. The Morgan fingerprint density at radius 2 is 2.39 bits per heavy atom. The van der Waals surface area contributed by atoms with Crippen molar-refractivity contribution in [1.29, 1.82) is 0 Å². The van der Waals surface area contributed by atoms with Gasteiger partial charge in [-0.25, -0.2) is 4.39 Å². The molecule has 2 rings (SSSR count). The maximum atomic E-state index is 13.1. The molecule has 0 aromatic heterocycles. The molecule has 1 heterocycles. The molecular weight excluding hydrogens is 253 g/mol. The molecule has 0 spiro atoms. The Hall–Kier alpha value is -0.640. The van der Waals surface area contributed by atoms with Crippen LogP contribution in [-0.4, -0.2) is 19.8 Å². The van der Waals surface area contributed by atoms with Crippen molar-refractivity contribution >= 4 is 11.6 Å². The molecule has 0 bridgehead atoms. The van der Waals surface area contributed by atoms with E-state index < -0.39 is 0 Å². The zero-order valence-electron chi connectivity index (χ0n) is 10.6. The van der Waals surface area contributed by atoms with Crippen LogP contribution in [0, 0.1) is 11.7 Å². The molecule has 1 N–H and O–H groups in total. The number of rotatable bonds is 4. The summed E-state index contributed by atoms with van der Waals surface area (Å²) in [4.78, 5) is 0. The van der Waals surface area contributed by atoms with Crippen LogP contribution in [0.3, 0.4) is 0 Å². The lowest BCUT2D eigenvalue weighted by atomic mass is 10.0. The molecule has 1 saturated heterocycles. The lowest BCUT2D eigenvalue weighted by Gasteiger charge is -2.24. The Morgan fingerprint density at radius 3 is 3.06 bits per heavy atom. The number of ether oxygens (including phenoxy) is 1. The largest absolute Gasteiger partial charge is 0.381 e. The number of halogens is 2. The van der Waals surface area contributed by atoms with Crippen molar-refractivity contribution in [1.82, 2.24) is 5.32 Å². The second-order valence-corrected chi connectivity index (χ2v) is 5.29. The summed E-state index contributed by atoms with van der Waals surface area (Å²) in [5.41, 5.74) is 1.01. The summed E-state index contributed by atoms with van der Waals surface area (Å²) in [5, 5.41) is 3.64. The minimum absolute atomic E-state index is 0.171. The van der Waals surface area contributed by atoms with Crippen molar-refractivity contribution in [3.05, 3.63) is 34.6 Å². The predicted octanol–water partition coefficient (Wildman–Crippen LogP) is 3.56. The maximum absolute atomic E-state index is 13.1. The van der Waals surface area contributed by atoms with Crippen molar-refractivity contribution in [3.63, 3.8) is 0 Å². The highest BCUT2D eigenvalue weighted by atomic mass is 35.5. The second kappa shape index (κ2) is 6.50. The summed E-state index contributed by atoms with van der Waals surface area (Å²) in [6.45, 7) is 4.72. The molecular formula is C14H19ClFNO. The quantitative estimate of drug-likeness (QED) is 0.904. The van der Waals surface area contributed by atoms with E-state index in [1.54, 1.807) is 12.1 Å². The first kappa shape index (κ1) is 13.8. The van der Waals surface area contributed by atoms with Crippen LogP contribution in [0.4, 0.5) is 4.39 Å². The van der Waals surface area contributed by atoms with E-state index in [1.807, 2.05) is 0 Å². The molecule has 2 atom stereocenters. The zero-order valence-corrected chi connectivity index (χ0v) is 11.3. The smallest absolute Gasteiger partial charge is 0.141 e. The molecule has 4 heteroatoms. The Kier molecular flexibility index (Phi) is 4.98. The molecule has 1 aliphatic heterocycles. The van der Waals surface area contributed by atoms with Gasteiger partial charge in [-0.1, -0.05) is 17.7 Å². The molecule has 1 fully saturated rings. The average molecular weight is 272 g/mol. The number of hydrogen-bond donors (Lipinski definition) is 1. The van der Waals surface area contributed by atoms with Crippen LogP contribution in [0.25, 0.3) is 0 Å². The van der Waals surface area contributed by atoms with E-state index in [0.29, 0.717) is 5.92 Å². The van der Waals surface area contributed by atoms with E-state index in [9.17, 15) is 4.39 Å². The zero-order chi connectivity index (χ0) is 13.0. The van der Waals surface area contributed by atoms with Crippen molar-refractivity contribution in [2.45, 2.75) is 25.8 Å². The number of benzene rings is 1. The summed E-state index contributed by atoms with van der Waals surface area (Å²) in [6.07, 6.45) is 2.35. The molecule has 1 aliphatic rings. The molecule has 1 aromatic rings. The first-order chi connectivity index (χ1) is 8.66. The van der Waals surface area contributed by atoms with Gasteiger partial charge in [0.05, 0.1) is 11.6 Å². The molecule has 0 aliphatic carbocycles. The highest BCUT2D eigenvalue weighted by Crippen LogP contribution is 2.21. The van der Waals surface area contributed by atoms with Gasteiger partial charge in [0, 0.05) is 19.2 Å². The minimum atomic E-state index is -0.367. The summed E-state index contributed by atoms with van der Waals surface area (Å²) in [6, 6.07) is 5.05. The Balaban J connectivity index is 1.86. The maximum Gasteiger partial charge on any atom is 0.141 e. The van der Waals surface area contributed by atoms with Gasteiger partial charge in [-0.05, 0) is 43.4 Å². The summed E-state index contributed by atoms with van der Waals surface area (Å²) in [5.74, 6) is 0.213. The van der Waals surface area contributed by atoms with Crippen molar-refractivity contribution in [2.24, 2.45) is 5.92 Å². The van der Waals surface area contributed by atoms with E-state index in [4.69, 9.17) is 16.3 Å². The molecule has 100 valence electrons. The summed E-state index contributed by atoms with van der Waals surface area (Å²) < 4.78 is 18.5. The lowest BCUT2D eigenvalue weighted by Crippen LogP contribution is -2.30. The van der Waals surface area contributed by atoms with Gasteiger partial charge in [-0.15, -0.1) is 0 Å². The van der Waals surface area contributed by atoms with E-state index in [0.717, 1.165) is 31.7 Å². The average Bonchev–Trinajstić information content (AvgIpc) is 2.40. The van der Waals surface area contributed by atoms with Gasteiger partial charge in [0.2, 0.25) is 0 Å². The molecule has 1 aromatic carbocycles. The fourth-order valence-corrected chi connectivity index (χ4v) is 2.40. The van der Waals surface area contributed by atoms with Gasteiger partial charge in [-0.3, -0.25) is 0 Å². The van der Waals surface area contributed by atoms with E-state index in [-0.39, 0.29) is 16.9 Å². The minimum Gasteiger partial charge on any atom is -0.381 e. The van der Waals surface area contributed by atoms with Crippen molar-refractivity contribution in [3.8, 4) is 0 Å². The van der Waals surface area contributed by atoms with Gasteiger partial charge >= 0.3 is 0 Å². The summed E-state index contributed by atoms with van der Waals surface area (Å²) in [7, 11) is 0. The Bertz CT molecular complexity index is 393. The van der Waals surface area contributed by atoms with Gasteiger partial charge < -0.3 is 10.1 Å². The second-order valence-electron chi connectivity index (χ2n) is 4.89. The third-order valence-electron chi connectivity index (χ3n) is 3.41. The lowest BCUT2D eigenvalue weighted by molar-refractivity contribution is 0.0540. The van der Waals surface area contributed by atoms with Gasteiger partial charge in [-0.2, -0.15) is 0 Å². The molecule has 0 amide bonds. The van der Waals surface area contributed by atoms with Gasteiger partial charge in [0.15, 0.2) is 0 Å². The molecule has 2 nitrogen and oxygen atoms in total. The molecule has 0 radical (unpaired) electrons. The first-order valence-electron chi connectivity index (χ1n) is 6.43. The fourth-order valence-electron chi connectivity index (χ4n) is 2.21. The van der Waals surface area contributed by atoms with Crippen LogP contribution in [0.2, 0.25) is 5.02 Å². The van der Waals surface area contributed by atoms with Crippen LogP contribution < -0.4 is 5.32 Å². The van der Waals surface area contributed by atoms with Crippen molar-refractivity contribution in [2.75, 3.05) is 19.8 Å². The van der Waals surface area contributed by atoms with Crippen LogP contribution in [0.1, 0.15) is 31.4 Å². The molecule has 2 unspecified atom stereocenters. The SMILES string of the molecule is CC(NCC1CCCOC1)c1ccc(F)c(Cl)c1. The monoisotopic (exact) mass is 271 g/mol. The third-order valence-corrected chi connectivity index (χ3v) is 3.70. The number of hydrogen-bond acceptors (Lipinski definition) is 2. The normalized spacial score (nSPS) is 21.8. The van der Waals surface area contributed by atoms with E-state index in [1.165, 1.54) is 12.5 Å². The highest BCUT2D eigenvalue weighted by Gasteiger charge is 2.15. The van der Waals surface area contributed by atoms with Crippen molar-refractivity contribution < 1.29 is 9.13 Å². The molecule has 0 saturated carbocycles. The summed E-state index contributed by atoms with van der Waals surface area (Å²) >= 11 is 5.78. The third kappa shape index (κ3) is 3.67. The van der Waals surface area contributed by atoms with Crippen LogP contribution in [0.15, 0.2) is 18.2 Å². The number of nitrogens with one attached hydrogen (secondary N) is 1. The first-order valence-corrected chi connectivity index (χ1v) is 6.80. The topological polar surface area (TPSA) is 21.3 Å². The van der Waals surface area contributed by atoms with E-state index >= 15 is 0 Å².